The van der Waals surface area contributed by atoms with Crippen molar-refractivity contribution in [2.45, 2.75) is 6.42 Å². The first-order valence-electron chi connectivity index (χ1n) is 6.25. The highest BCUT2D eigenvalue weighted by atomic mass is 16.5. The molecule has 1 N–H and O–H groups in total. The average molecular weight is 272 g/mol. The predicted octanol–water partition coefficient (Wildman–Crippen LogP) is 2.50. The van der Waals surface area contributed by atoms with Gasteiger partial charge in [0.05, 0.1) is 32.0 Å². The third-order valence-electron chi connectivity index (χ3n) is 2.57. The number of amides is 1. The molecule has 0 saturated heterocycles. The molecule has 20 heavy (non-hydrogen) atoms. The number of hydrogen-bond donors (Lipinski definition) is 1. The number of ether oxygens (including phenoxy) is 2. The summed E-state index contributed by atoms with van der Waals surface area (Å²) in [6, 6.07) is 12.8. The second-order valence-corrected chi connectivity index (χ2v) is 4.05. The zero-order valence-electron chi connectivity index (χ0n) is 11.2. The van der Waals surface area contributed by atoms with E-state index < -0.39 is 0 Å². The summed E-state index contributed by atoms with van der Waals surface area (Å²) in [5.74, 6) is 1.15. The highest BCUT2D eigenvalue weighted by Gasteiger charge is 2.03. The summed E-state index contributed by atoms with van der Waals surface area (Å²) in [6.45, 7) is 0.333. The number of benzene rings is 1. The molecule has 0 saturated carbocycles. The van der Waals surface area contributed by atoms with Crippen LogP contribution >= 0.6 is 0 Å². The zero-order valence-corrected chi connectivity index (χ0v) is 11.2. The zero-order chi connectivity index (χ0) is 14.2. The minimum absolute atomic E-state index is 0.118. The molecule has 0 aliphatic heterocycles. The second-order valence-electron chi connectivity index (χ2n) is 4.05. The molecule has 0 aliphatic carbocycles. The summed E-state index contributed by atoms with van der Waals surface area (Å²) in [5, 5.41) is 2.74. The van der Waals surface area contributed by atoms with Crippen LogP contribution in [0, 0.1) is 0 Å². The standard InChI is InChI=1S/C15H16N2O3/c1-19-15-8-7-12(11-16-15)17-14(18)9-10-20-13-5-3-2-4-6-13/h2-8,11H,9-10H2,1H3,(H,17,18). The Morgan fingerprint density at radius 1 is 1.20 bits per heavy atom. The van der Waals surface area contributed by atoms with Crippen molar-refractivity contribution in [2.24, 2.45) is 0 Å². The molecular formula is C15H16N2O3. The van der Waals surface area contributed by atoms with Crippen LogP contribution in [0.5, 0.6) is 11.6 Å². The highest BCUT2D eigenvalue weighted by molar-refractivity contribution is 5.90. The molecule has 0 atom stereocenters. The Bertz CT molecular complexity index is 541. The number of aromatic nitrogens is 1. The molecule has 2 rings (SSSR count). The lowest BCUT2D eigenvalue weighted by molar-refractivity contribution is -0.116. The molecule has 0 radical (unpaired) electrons. The van der Waals surface area contributed by atoms with Crippen LogP contribution in [0.2, 0.25) is 0 Å². The lowest BCUT2D eigenvalue weighted by atomic mass is 10.3. The van der Waals surface area contributed by atoms with Crippen molar-refractivity contribution in [1.29, 1.82) is 0 Å². The Labute approximate surface area is 117 Å². The van der Waals surface area contributed by atoms with Crippen molar-refractivity contribution >= 4 is 11.6 Å². The maximum atomic E-state index is 11.7. The minimum atomic E-state index is -0.118. The summed E-state index contributed by atoms with van der Waals surface area (Å²) < 4.78 is 10.4. The fourth-order valence-corrected chi connectivity index (χ4v) is 1.58. The summed E-state index contributed by atoms with van der Waals surface area (Å²) in [7, 11) is 1.54. The van der Waals surface area contributed by atoms with Gasteiger partial charge in [-0.1, -0.05) is 18.2 Å². The molecule has 0 fully saturated rings. The monoisotopic (exact) mass is 272 g/mol. The van der Waals surface area contributed by atoms with Crippen LogP contribution in [0.3, 0.4) is 0 Å². The van der Waals surface area contributed by atoms with Crippen LogP contribution in [0.25, 0.3) is 0 Å². The molecule has 5 heteroatoms. The van der Waals surface area contributed by atoms with E-state index >= 15 is 0 Å². The Kier molecular flexibility index (Phi) is 4.94. The Hall–Kier alpha value is -2.56. The Balaban J connectivity index is 1.74. The topological polar surface area (TPSA) is 60.5 Å². The van der Waals surface area contributed by atoms with Gasteiger partial charge in [-0.15, -0.1) is 0 Å². The van der Waals surface area contributed by atoms with Gasteiger partial charge in [-0.2, -0.15) is 0 Å². The van der Waals surface area contributed by atoms with Gasteiger partial charge in [-0.05, 0) is 18.2 Å². The van der Waals surface area contributed by atoms with Crippen LogP contribution in [0.1, 0.15) is 6.42 Å². The van der Waals surface area contributed by atoms with E-state index in [4.69, 9.17) is 9.47 Å². The lowest BCUT2D eigenvalue weighted by Crippen LogP contribution is -2.15. The first-order valence-corrected chi connectivity index (χ1v) is 6.25. The van der Waals surface area contributed by atoms with Gasteiger partial charge in [0.15, 0.2) is 0 Å². The van der Waals surface area contributed by atoms with E-state index in [-0.39, 0.29) is 12.3 Å². The van der Waals surface area contributed by atoms with Gasteiger partial charge in [-0.3, -0.25) is 4.79 Å². The number of hydrogen-bond acceptors (Lipinski definition) is 4. The molecular weight excluding hydrogens is 256 g/mol. The maximum Gasteiger partial charge on any atom is 0.227 e. The molecule has 1 heterocycles. The van der Waals surface area contributed by atoms with Gasteiger partial charge in [0, 0.05) is 6.07 Å². The number of carbonyl (C=O) groups excluding carboxylic acids is 1. The summed E-state index contributed by atoms with van der Waals surface area (Å²) in [6.07, 6.45) is 1.83. The van der Waals surface area contributed by atoms with Gasteiger partial charge >= 0.3 is 0 Å². The molecule has 104 valence electrons. The van der Waals surface area contributed by atoms with E-state index in [0.717, 1.165) is 5.75 Å². The molecule has 1 amide bonds. The van der Waals surface area contributed by atoms with Crippen molar-refractivity contribution in [3.63, 3.8) is 0 Å². The summed E-state index contributed by atoms with van der Waals surface area (Å²) in [4.78, 5) is 15.7. The first kappa shape index (κ1) is 13.9. The maximum absolute atomic E-state index is 11.7. The van der Waals surface area contributed by atoms with Crippen LogP contribution in [0.15, 0.2) is 48.7 Å². The van der Waals surface area contributed by atoms with E-state index in [1.165, 1.54) is 0 Å². The van der Waals surface area contributed by atoms with Gasteiger partial charge in [0.25, 0.3) is 0 Å². The van der Waals surface area contributed by atoms with E-state index in [9.17, 15) is 4.79 Å². The van der Waals surface area contributed by atoms with Gasteiger partial charge < -0.3 is 14.8 Å². The quantitative estimate of drug-likeness (QED) is 0.877. The van der Waals surface area contributed by atoms with E-state index in [1.54, 1.807) is 25.4 Å². The van der Waals surface area contributed by atoms with Crippen molar-refractivity contribution in [2.75, 3.05) is 19.0 Å². The van der Waals surface area contributed by atoms with E-state index in [0.29, 0.717) is 18.2 Å². The molecule has 1 aromatic heterocycles. The Morgan fingerprint density at radius 2 is 2.00 bits per heavy atom. The van der Waals surface area contributed by atoms with E-state index in [2.05, 4.69) is 10.3 Å². The average Bonchev–Trinajstić information content (AvgIpc) is 2.49. The molecule has 0 aliphatic rings. The molecule has 1 aromatic carbocycles. The number of para-hydroxylation sites is 1. The van der Waals surface area contributed by atoms with Crippen molar-refractivity contribution in [3.05, 3.63) is 48.7 Å². The normalized spacial score (nSPS) is 9.85. The fourth-order valence-electron chi connectivity index (χ4n) is 1.58. The molecule has 0 bridgehead atoms. The molecule has 0 spiro atoms. The number of pyridine rings is 1. The van der Waals surface area contributed by atoms with Crippen molar-refractivity contribution < 1.29 is 14.3 Å². The fraction of sp³-hybridized carbons (Fsp3) is 0.200. The number of anilines is 1. The lowest BCUT2D eigenvalue weighted by Gasteiger charge is -2.07. The van der Waals surface area contributed by atoms with Gasteiger partial charge in [0.2, 0.25) is 11.8 Å². The second kappa shape index (κ2) is 7.13. The number of carbonyl (C=O) groups is 1. The number of nitrogens with one attached hydrogen (secondary N) is 1. The predicted molar refractivity (Wildman–Crippen MR) is 76.0 cm³/mol. The summed E-state index contributed by atoms with van der Waals surface area (Å²) in [5.41, 5.74) is 0.635. The van der Waals surface area contributed by atoms with Crippen LogP contribution in [-0.4, -0.2) is 24.6 Å². The van der Waals surface area contributed by atoms with Crippen LogP contribution < -0.4 is 14.8 Å². The molecule has 0 unspecified atom stereocenters. The third-order valence-corrected chi connectivity index (χ3v) is 2.57. The minimum Gasteiger partial charge on any atom is -0.493 e. The van der Waals surface area contributed by atoms with Crippen LogP contribution in [0.4, 0.5) is 5.69 Å². The van der Waals surface area contributed by atoms with Crippen molar-refractivity contribution in [3.8, 4) is 11.6 Å². The van der Waals surface area contributed by atoms with Crippen LogP contribution in [-0.2, 0) is 4.79 Å². The third kappa shape index (κ3) is 4.28. The van der Waals surface area contributed by atoms with Gasteiger partial charge in [-0.25, -0.2) is 4.98 Å². The largest absolute Gasteiger partial charge is 0.493 e. The first-order chi connectivity index (χ1) is 9.78. The Morgan fingerprint density at radius 3 is 2.65 bits per heavy atom. The van der Waals surface area contributed by atoms with Crippen molar-refractivity contribution in [1.82, 2.24) is 4.98 Å². The molecule has 2 aromatic rings. The van der Waals surface area contributed by atoms with Gasteiger partial charge in [0.1, 0.15) is 5.75 Å². The molecule has 5 nitrogen and oxygen atoms in total. The highest BCUT2D eigenvalue weighted by Crippen LogP contribution is 2.12. The summed E-state index contributed by atoms with van der Waals surface area (Å²) >= 11 is 0. The number of rotatable bonds is 6. The SMILES string of the molecule is COc1ccc(NC(=O)CCOc2ccccc2)cn1. The van der Waals surface area contributed by atoms with E-state index in [1.807, 2.05) is 30.3 Å². The number of nitrogens with zero attached hydrogens (tertiary/aromatic N) is 1. The smallest absolute Gasteiger partial charge is 0.227 e. The number of methoxy groups -OCH3 is 1.